The van der Waals surface area contributed by atoms with Crippen molar-refractivity contribution in [1.29, 1.82) is 0 Å². The Morgan fingerprint density at radius 1 is 0.568 bits per heavy atom. The van der Waals surface area contributed by atoms with Crippen molar-refractivity contribution in [3.63, 3.8) is 0 Å². The van der Waals surface area contributed by atoms with Crippen molar-refractivity contribution in [3.05, 3.63) is 97.1 Å². The van der Waals surface area contributed by atoms with Gasteiger partial charge in [-0.05, 0) is 60.8 Å². The Labute approximate surface area is 223 Å². The van der Waals surface area contributed by atoms with E-state index in [1.165, 1.54) is 75.3 Å². The van der Waals surface area contributed by atoms with Crippen molar-refractivity contribution in [3.8, 4) is 11.1 Å². The lowest BCUT2D eigenvalue weighted by atomic mass is 9.70. The molecule has 37 heavy (non-hydrogen) atoms. The number of aromatic nitrogens is 4. The summed E-state index contributed by atoms with van der Waals surface area (Å²) < 4.78 is 8.86. The Bertz CT molecular complexity index is 1180. The number of hydrogen-bond acceptors (Lipinski definition) is 0. The largest absolute Gasteiger partial charge is 0.243 e. The van der Waals surface area contributed by atoms with Gasteiger partial charge in [0.15, 0.2) is 0 Å². The van der Waals surface area contributed by atoms with Crippen LogP contribution < -0.4 is 9.13 Å². The summed E-state index contributed by atoms with van der Waals surface area (Å²) in [5.74, 6) is 0. The molecule has 0 saturated carbocycles. The van der Waals surface area contributed by atoms with Crippen molar-refractivity contribution in [2.24, 2.45) is 14.1 Å². The smallest absolute Gasteiger partial charge is 0.240 e. The second-order valence-electron chi connectivity index (χ2n) is 11.1. The minimum Gasteiger partial charge on any atom is -0.240 e. The monoisotopic (exact) mass is 496 g/mol. The third kappa shape index (κ3) is 5.89. The van der Waals surface area contributed by atoms with E-state index in [9.17, 15) is 0 Å². The van der Waals surface area contributed by atoms with E-state index in [2.05, 4.69) is 118 Å². The summed E-state index contributed by atoms with van der Waals surface area (Å²) in [5.41, 5.74) is 6.28. The molecule has 5 rings (SSSR count). The predicted octanol–water partition coefficient (Wildman–Crippen LogP) is 6.51. The van der Waals surface area contributed by atoms with Gasteiger partial charge in [-0.25, -0.2) is 18.3 Å². The number of nitrogens with zero attached hydrogens (tertiary/aromatic N) is 4. The molecule has 1 aliphatic carbocycles. The average molecular weight is 497 g/mol. The highest BCUT2D eigenvalue weighted by Gasteiger charge is 2.41. The summed E-state index contributed by atoms with van der Waals surface area (Å²) in [5, 5.41) is 0. The van der Waals surface area contributed by atoms with Crippen LogP contribution in [-0.2, 0) is 32.6 Å². The highest BCUT2D eigenvalue weighted by Crippen LogP contribution is 2.53. The van der Waals surface area contributed by atoms with Crippen LogP contribution >= 0.6 is 0 Å². The maximum Gasteiger partial charge on any atom is 0.243 e. The maximum atomic E-state index is 2.42. The molecule has 0 aliphatic heterocycles. The average Bonchev–Trinajstić information content (AvgIpc) is 3.60. The van der Waals surface area contributed by atoms with Gasteiger partial charge in [0, 0.05) is 5.41 Å². The maximum absolute atomic E-state index is 2.42. The van der Waals surface area contributed by atoms with E-state index in [1.807, 2.05) is 0 Å². The molecular formula is C33H44N4+2. The third-order valence-electron chi connectivity index (χ3n) is 8.36. The van der Waals surface area contributed by atoms with Gasteiger partial charge in [-0.3, -0.25) is 0 Å². The summed E-state index contributed by atoms with van der Waals surface area (Å²) in [6, 6.07) is 18.5. The molecule has 0 saturated heterocycles. The lowest BCUT2D eigenvalue weighted by Crippen LogP contribution is -2.25. The number of aryl methyl sites for hydroxylation is 4. The summed E-state index contributed by atoms with van der Waals surface area (Å²) >= 11 is 0. The molecule has 2 aromatic heterocycles. The van der Waals surface area contributed by atoms with E-state index in [0.29, 0.717) is 0 Å². The minimum absolute atomic E-state index is 0.176. The summed E-state index contributed by atoms with van der Waals surface area (Å²) in [4.78, 5) is 0. The molecule has 2 heterocycles. The summed E-state index contributed by atoms with van der Waals surface area (Å²) in [6.45, 7) is 2.25. The highest BCUT2D eigenvalue weighted by molar-refractivity contribution is 5.80. The molecule has 1 aliphatic rings. The molecule has 0 atom stereocenters. The van der Waals surface area contributed by atoms with Gasteiger partial charge in [-0.1, -0.05) is 74.2 Å². The molecule has 0 unspecified atom stereocenters. The minimum atomic E-state index is 0.176. The quantitative estimate of drug-likeness (QED) is 0.140. The molecule has 0 bridgehead atoms. The SMILES string of the molecule is C[n+]1ccn(CCCCCCC2(CCCCCCn3cc[n+](C)c3)c3ccccc3-c3ccccc32)c1. The first-order chi connectivity index (χ1) is 18.2. The van der Waals surface area contributed by atoms with Crippen molar-refractivity contribution in [2.45, 2.75) is 82.7 Å². The van der Waals surface area contributed by atoms with Crippen molar-refractivity contribution in [1.82, 2.24) is 9.13 Å². The van der Waals surface area contributed by atoms with E-state index >= 15 is 0 Å². The second kappa shape index (κ2) is 11.9. The normalized spacial score (nSPS) is 13.6. The van der Waals surface area contributed by atoms with Crippen LogP contribution in [0.2, 0.25) is 0 Å². The fourth-order valence-corrected chi connectivity index (χ4v) is 6.50. The van der Waals surface area contributed by atoms with Crippen LogP contribution in [0, 0.1) is 0 Å². The highest BCUT2D eigenvalue weighted by atomic mass is 15.1. The summed E-state index contributed by atoms with van der Waals surface area (Å²) in [6.07, 6.45) is 25.8. The van der Waals surface area contributed by atoms with E-state index in [0.717, 1.165) is 13.1 Å². The van der Waals surface area contributed by atoms with E-state index in [1.54, 1.807) is 11.1 Å². The number of rotatable bonds is 14. The Kier molecular flexibility index (Phi) is 8.23. The van der Waals surface area contributed by atoms with Crippen LogP contribution in [0.4, 0.5) is 0 Å². The van der Waals surface area contributed by atoms with Crippen LogP contribution in [0.3, 0.4) is 0 Å². The standard InChI is InChI=1S/C33H44N4/c1-34-23-25-36(27-34)21-13-5-3-11-19-33(20-12-4-6-14-22-37-26-24-35(2)28-37)31-17-9-7-15-29(31)30-16-8-10-18-32(30)33/h7-10,15-18,23-28H,3-6,11-14,19-22H2,1-2H3/q+2. The first-order valence-electron chi connectivity index (χ1n) is 14.4. The molecule has 4 nitrogen and oxygen atoms in total. The zero-order valence-corrected chi connectivity index (χ0v) is 22.9. The summed E-state index contributed by atoms with van der Waals surface area (Å²) in [7, 11) is 4.19. The van der Waals surface area contributed by atoms with Gasteiger partial charge in [-0.2, -0.15) is 0 Å². The van der Waals surface area contributed by atoms with E-state index in [-0.39, 0.29) is 5.41 Å². The van der Waals surface area contributed by atoms with Crippen LogP contribution in [0.15, 0.2) is 86.0 Å². The number of imidazole rings is 2. The first-order valence-corrected chi connectivity index (χ1v) is 14.4. The van der Waals surface area contributed by atoms with Gasteiger partial charge in [-0.15, -0.1) is 0 Å². The molecular weight excluding hydrogens is 452 g/mol. The number of fused-ring (bicyclic) bond motifs is 3. The van der Waals surface area contributed by atoms with Gasteiger partial charge >= 0.3 is 0 Å². The van der Waals surface area contributed by atoms with Crippen LogP contribution in [0.25, 0.3) is 11.1 Å². The molecule has 2 aromatic carbocycles. The molecule has 0 N–H and O–H groups in total. The molecule has 4 heteroatoms. The Balaban J connectivity index is 1.20. The van der Waals surface area contributed by atoms with Crippen LogP contribution in [-0.4, -0.2) is 9.13 Å². The zero-order chi connectivity index (χ0) is 25.5. The van der Waals surface area contributed by atoms with Crippen LogP contribution in [0.5, 0.6) is 0 Å². The van der Waals surface area contributed by atoms with Gasteiger partial charge in [0.05, 0.1) is 27.2 Å². The number of unbranched alkanes of at least 4 members (excludes halogenated alkanes) is 6. The molecule has 194 valence electrons. The van der Waals surface area contributed by atoms with Gasteiger partial charge in [0.1, 0.15) is 24.8 Å². The molecule has 0 fully saturated rings. The predicted molar refractivity (Wildman–Crippen MR) is 150 cm³/mol. The number of hydrogen-bond donors (Lipinski definition) is 0. The van der Waals surface area contributed by atoms with Gasteiger partial charge < -0.3 is 0 Å². The van der Waals surface area contributed by atoms with Crippen molar-refractivity contribution in [2.75, 3.05) is 0 Å². The topological polar surface area (TPSA) is 17.6 Å². The molecule has 0 spiro atoms. The van der Waals surface area contributed by atoms with Crippen molar-refractivity contribution >= 4 is 0 Å². The lowest BCUT2D eigenvalue weighted by molar-refractivity contribution is -0.671. The second-order valence-corrected chi connectivity index (χ2v) is 11.1. The molecule has 0 radical (unpaired) electrons. The Morgan fingerprint density at radius 2 is 1.00 bits per heavy atom. The lowest BCUT2D eigenvalue weighted by Gasteiger charge is -2.33. The van der Waals surface area contributed by atoms with Gasteiger partial charge in [0.25, 0.3) is 0 Å². The zero-order valence-electron chi connectivity index (χ0n) is 22.9. The van der Waals surface area contributed by atoms with Crippen molar-refractivity contribution < 1.29 is 9.13 Å². The number of benzene rings is 2. The Hall–Kier alpha value is -3.14. The first kappa shape index (κ1) is 25.5. The fourth-order valence-electron chi connectivity index (χ4n) is 6.50. The van der Waals surface area contributed by atoms with Crippen LogP contribution in [0.1, 0.15) is 75.3 Å². The Morgan fingerprint density at radius 3 is 1.43 bits per heavy atom. The van der Waals surface area contributed by atoms with E-state index in [4.69, 9.17) is 0 Å². The third-order valence-corrected chi connectivity index (χ3v) is 8.36. The molecule has 0 amide bonds. The molecule has 4 aromatic rings. The fraction of sp³-hybridized carbons (Fsp3) is 0.455. The van der Waals surface area contributed by atoms with Gasteiger partial charge in [0.2, 0.25) is 12.7 Å². The van der Waals surface area contributed by atoms with E-state index < -0.39 is 0 Å².